The van der Waals surface area contributed by atoms with Gasteiger partial charge in [-0.2, -0.15) is 26.3 Å². The lowest BCUT2D eigenvalue weighted by molar-refractivity contribution is -0.344. The summed E-state index contributed by atoms with van der Waals surface area (Å²) in [6.45, 7) is -0.254. The van der Waals surface area contributed by atoms with Gasteiger partial charge in [-0.25, -0.2) is 8.78 Å². The zero-order chi connectivity index (χ0) is 29.1. The van der Waals surface area contributed by atoms with Gasteiger partial charge in [-0.1, -0.05) is 96.8 Å². The largest absolute Gasteiger partial charge is 0.466 e. The fourth-order valence-corrected chi connectivity index (χ4v) is 3.65. The van der Waals surface area contributed by atoms with Crippen LogP contribution in [0.5, 0.6) is 0 Å². The molecule has 0 saturated carbocycles. The Morgan fingerprint density at radius 1 is 0.605 bits per heavy atom. The molecule has 0 aromatic carbocycles. The maximum atomic E-state index is 13.3. The van der Waals surface area contributed by atoms with E-state index >= 15 is 0 Å². The van der Waals surface area contributed by atoms with Crippen LogP contribution in [0.3, 0.4) is 0 Å². The highest BCUT2D eigenvalue weighted by molar-refractivity contribution is 5.77. The smallest absolute Gasteiger partial charge is 0.381 e. The van der Waals surface area contributed by atoms with Gasteiger partial charge in [-0.15, -0.1) is 0 Å². The molecule has 4 nitrogen and oxygen atoms in total. The molecule has 0 aliphatic heterocycles. The molecule has 0 fully saturated rings. The lowest BCUT2D eigenvalue weighted by Crippen LogP contribution is -2.59. The summed E-state index contributed by atoms with van der Waals surface area (Å²) >= 11 is 0. The van der Waals surface area contributed by atoms with E-state index in [0.29, 0.717) is 6.42 Å². The van der Waals surface area contributed by atoms with Crippen LogP contribution >= 0.6 is 0 Å². The molecular formula is C26H42F8O4. The lowest BCUT2D eigenvalue weighted by Gasteiger charge is -2.31. The van der Waals surface area contributed by atoms with Crippen LogP contribution in [0.2, 0.25) is 0 Å². The van der Waals surface area contributed by atoms with Crippen molar-refractivity contribution < 1.29 is 54.2 Å². The van der Waals surface area contributed by atoms with Crippen LogP contribution < -0.4 is 0 Å². The molecule has 0 heterocycles. The lowest BCUT2D eigenvalue weighted by atomic mass is 10.0. The number of hydrogen-bond acceptors (Lipinski definition) is 4. The van der Waals surface area contributed by atoms with Crippen LogP contribution in [0.4, 0.5) is 35.1 Å². The van der Waals surface area contributed by atoms with Gasteiger partial charge in [0.15, 0.2) is 6.61 Å². The number of alkyl halides is 8. The maximum Gasteiger partial charge on any atom is 0.381 e. The molecule has 0 bridgehead atoms. The summed E-state index contributed by atoms with van der Waals surface area (Å²) in [6, 6.07) is 0. The van der Waals surface area contributed by atoms with Gasteiger partial charge < -0.3 is 9.47 Å². The zero-order valence-electron chi connectivity index (χ0n) is 22.2. The Balaban J connectivity index is 3.78. The van der Waals surface area contributed by atoms with Crippen molar-refractivity contribution in [2.75, 3.05) is 13.2 Å². The topological polar surface area (TPSA) is 52.6 Å². The van der Waals surface area contributed by atoms with Gasteiger partial charge in [0.25, 0.3) is 0 Å². The van der Waals surface area contributed by atoms with Crippen LogP contribution in [-0.2, 0) is 19.1 Å². The Labute approximate surface area is 220 Å². The number of carbonyl (C=O) groups is 2. The predicted octanol–water partition coefficient (Wildman–Crippen LogP) is 8.90. The number of esters is 2. The van der Waals surface area contributed by atoms with Crippen molar-refractivity contribution in [2.45, 2.75) is 140 Å². The van der Waals surface area contributed by atoms with Crippen LogP contribution in [0.25, 0.3) is 0 Å². The normalized spacial score (nSPS) is 12.7. The molecule has 0 radical (unpaired) electrons. The van der Waals surface area contributed by atoms with Gasteiger partial charge in [0.05, 0.1) is 19.4 Å². The monoisotopic (exact) mass is 570 g/mol. The summed E-state index contributed by atoms with van der Waals surface area (Å²) in [5, 5.41) is 0. The van der Waals surface area contributed by atoms with E-state index in [2.05, 4.69) is 11.7 Å². The van der Waals surface area contributed by atoms with Gasteiger partial charge in [-0.3, -0.25) is 9.59 Å². The minimum atomic E-state index is -6.46. The number of hydrogen-bond donors (Lipinski definition) is 0. The summed E-state index contributed by atoms with van der Waals surface area (Å²) in [5.74, 6) is -21.0. The van der Waals surface area contributed by atoms with E-state index in [0.717, 1.165) is 25.7 Å². The summed E-state index contributed by atoms with van der Waals surface area (Å²) in [6.07, 6.45) is 11.0. The molecule has 0 aliphatic rings. The van der Waals surface area contributed by atoms with Crippen molar-refractivity contribution in [3.8, 4) is 0 Å². The van der Waals surface area contributed by atoms with Crippen LogP contribution in [0.1, 0.15) is 116 Å². The van der Waals surface area contributed by atoms with Gasteiger partial charge in [-0.05, 0) is 6.42 Å². The van der Waals surface area contributed by atoms with Gasteiger partial charge in [0.2, 0.25) is 0 Å². The first-order valence-corrected chi connectivity index (χ1v) is 13.5. The molecule has 0 saturated heterocycles. The molecular weight excluding hydrogens is 528 g/mol. The molecule has 226 valence electrons. The third-order valence-electron chi connectivity index (χ3n) is 6.11. The highest BCUT2D eigenvalue weighted by Gasteiger charge is 2.75. The number of halogens is 8. The van der Waals surface area contributed by atoms with Crippen LogP contribution in [-0.4, -0.2) is 49.3 Å². The van der Waals surface area contributed by atoms with Gasteiger partial charge >= 0.3 is 36.1 Å². The van der Waals surface area contributed by atoms with Crippen molar-refractivity contribution in [1.29, 1.82) is 0 Å². The first-order valence-electron chi connectivity index (χ1n) is 13.5. The Bertz CT molecular complexity index is 645. The molecule has 0 unspecified atom stereocenters. The minimum absolute atomic E-state index is 0.0825. The first kappa shape index (κ1) is 36.4. The summed E-state index contributed by atoms with van der Waals surface area (Å²) in [5.41, 5.74) is 0. The third-order valence-corrected chi connectivity index (χ3v) is 6.11. The van der Waals surface area contributed by atoms with Crippen LogP contribution in [0.15, 0.2) is 0 Å². The molecule has 0 aromatic rings. The fourth-order valence-electron chi connectivity index (χ4n) is 3.65. The highest BCUT2D eigenvalue weighted by Crippen LogP contribution is 2.48. The van der Waals surface area contributed by atoms with E-state index in [1.165, 1.54) is 64.2 Å². The average molecular weight is 571 g/mol. The molecule has 0 amide bonds. The van der Waals surface area contributed by atoms with E-state index in [4.69, 9.17) is 4.74 Å². The van der Waals surface area contributed by atoms with Crippen molar-refractivity contribution in [1.82, 2.24) is 0 Å². The maximum absolute atomic E-state index is 13.3. The standard InChI is InChI=1S/C26H42F8O4/c1-2-3-4-5-6-7-8-9-10-11-12-13-14-15-16-19-37-21(35)17-18-22(36)38-20-24(29,30)26(33,34)25(31,32)23(27)28/h23H,2-20H2,1H3. The molecule has 0 aliphatic carbocycles. The number of unbranched alkanes of at least 4 members (excludes halogenated alkanes) is 14. The second-order valence-corrected chi connectivity index (χ2v) is 9.53. The molecule has 12 heteroatoms. The van der Waals surface area contributed by atoms with E-state index < -0.39 is 55.6 Å². The molecule has 0 N–H and O–H groups in total. The van der Waals surface area contributed by atoms with Crippen molar-refractivity contribution in [2.24, 2.45) is 0 Å². The van der Waals surface area contributed by atoms with Gasteiger partial charge in [0, 0.05) is 0 Å². The average Bonchev–Trinajstić information content (AvgIpc) is 2.85. The Morgan fingerprint density at radius 2 is 0.974 bits per heavy atom. The SMILES string of the molecule is CCCCCCCCCCCCCCCCCOC(=O)CCC(=O)OCC(F)(F)C(F)(F)C(F)(F)C(F)F. The number of rotatable bonds is 24. The van der Waals surface area contributed by atoms with E-state index in [-0.39, 0.29) is 6.61 Å². The molecule has 0 aromatic heterocycles. The summed E-state index contributed by atoms with van der Waals surface area (Å²) in [7, 11) is 0. The number of ether oxygens (including phenoxy) is 2. The second-order valence-electron chi connectivity index (χ2n) is 9.53. The molecule has 0 rings (SSSR count). The number of carbonyl (C=O) groups excluding carboxylic acids is 2. The van der Waals surface area contributed by atoms with E-state index in [9.17, 15) is 44.7 Å². The first-order chi connectivity index (χ1) is 17.8. The fraction of sp³-hybridized carbons (Fsp3) is 0.923. The summed E-state index contributed by atoms with van der Waals surface area (Å²) < 4.78 is 111. The van der Waals surface area contributed by atoms with Gasteiger partial charge in [0.1, 0.15) is 0 Å². The van der Waals surface area contributed by atoms with E-state index in [1.807, 2.05) is 0 Å². The predicted molar refractivity (Wildman–Crippen MR) is 127 cm³/mol. The van der Waals surface area contributed by atoms with Crippen molar-refractivity contribution >= 4 is 11.9 Å². The van der Waals surface area contributed by atoms with Crippen LogP contribution in [0, 0.1) is 0 Å². The Kier molecular flexibility index (Phi) is 18.6. The molecule has 0 spiro atoms. The Hall–Kier alpha value is -1.62. The van der Waals surface area contributed by atoms with Crippen molar-refractivity contribution in [3.05, 3.63) is 0 Å². The Morgan fingerprint density at radius 3 is 1.37 bits per heavy atom. The van der Waals surface area contributed by atoms with Crippen molar-refractivity contribution in [3.63, 3.8) is 0 Å². The quantitative estimate of drug-likeness (QED) is 0.0661. The summed E-state index contributed by atoms with van der Waals surface area (Å²) in [4.78, 5) is 23.0. The minimum Gasteiger partial charge on any atom is -0.466 e. The second kappa shape index (κ2) is 19.4. The zero-order valence-corrected chi connectivity index (χ0v) is 22.2. The highest BCUT2D eigenvalue weighted by atomic mass is 19.4. The molecule has 38 heavy (non-hydrogen) atoms. The third kappa shape index (κ3) is 14.5. The van der Waals surface area contributed by atoms with E-state index in [1.54, 1.807) is 0 Å². The molecule has 0 atom stereocenters.